The van der Waals surface area contributed by atoms with Gasteiger partial charge in [0.1, 0.15) is 36.3 Å². The van der Waals surface area contributed by atoms with Gasteiger partial charge in [0.2, 0.25) is 0 Å². The lowest BCUT2D eigenvalue weighted by Gasteiger charge is -2.35. The number of aromatic nitrogens is 4. The van der Waals surface area contributed by atoms with E-state index in [9.17, 15) is 0 Å². The molecule has 65 heavy (non-hydrogen) atoms. The molecule has 0 spiro atoms. The summed E-state index contributed by atoms with van der Waals surface area (Å²) in [4.78, 5) is 6.05. The minimum absolute atomic E-state index is 0.272. The van der Waals surface area contributed by atoms with Gasteiger partial charge in [-0.2, -0.15) is 17.5 Å². The fourth-order valence-electron chi connectivity index (χ4n) is 10.3. The Hall–Kier alpha value is -3.82. The van der Waals surface area contributed by atoms with Crippen LogP contribution in [0.1, 0.15) is 113 Å². The van der Waals surface area contributed by atoms with Gasteiger partial charge in [0.05, 0.1) is 29.0 Å². The van der Waals surface area contributed by atoms with Crippen LogP contribution >= 0.6 is 68.8 Å². The second-order valence-electron chi connectivity index (χ2n) is 17.7. The Bertz CT molecular complexity index is 3080. The molecule has 3 atom stereocenters. The molecule has 3 unspecified atom stereocenters. The van der Waals surface area contributed by atoms with Crippen molar-refractivity contribution >= 4 is 124 Å². The molecule has 0 N–H and O–H groups in total. The number of halogens is 2. The zero-order valence-electron chi connectivity index (χ0n) is 37.4. The van der Waals surface area contributed by atoms with Crippen LogP contribution in [-0.2, 0) is 0 Å². The molecular weight excluding hydrogens is 939 g/mol. The zero-order valence-corrected chi connectivity index (χ0v) is 43.3. The highest BCUT2D eigenvalue weighted by Gasteiger charge is 2.50. The number of nitrogens with zero attached hydrogens (tertiary/aromatic N) is 4. The van der Waals surface area contributed by atoms with Crippen LogP contribution in [0.3, 0.4) is 0 Å². The van der Waals surface area contributed by atoms with Gasteiger partial charge in [-0.1, -0.05) is 122 Å². The third-order valence-corrected chi connectivity index (χ3v) is 25.4. The summed E-state index contributed by atoms with van der Waals surface area (Å²) >= 11 is 8.89. The molecule has 4 nitrogen and oxygen atoms in total. The summed E-state index contributed by atoms with van der Waals surface area (Å²) in [5, 5.41) is 5.12. The molecule has 334 valence electrons. The lowest BCUT2D eigenvalue weighted by molar-refractivity contribution is 0.401. The van der Waals surface area contributed by atoms with Gasteiger partial charge in [0.25, 0.3) is 0 Å². The van der Waals surface area contributed by atoms with Crippen molar-refractivity contribution in [2.75, 3.05) is 0 Å². The van der Waals surface area contributed by atoms with E-state index in [1.165, 1.54) is 68.7 Å². The van der Waals surface area contributed by atoms with Gasteiger partial charge >= 0.3 is 0 Å². The first-order valence-corrected chi connectivity index (χ1v) is 30.3. The molecule has 0 aliphatic carbocycles. The quantitative estimate of drug-likeness (QED) is 0.0804. The minimum atomic E-state index is -2.57. The molecule has 1 aliphatic rings. The average Bonchev–Trinajstić information content (AvgIpc) is 4.19. The Morgan fingerprint density at radius 1 is 0.677 bits per heavy atom. The first kappa shape index (κ1) is 45.0. The second-order valence-corrected chi connectivity index (χ2v) is 27.1. The van der Waals surface area contributed by atoms with Crippen molar-refractivity contribution in [3.63, 3.8) is 0 Å². The summed E-state index contributed by atoms with van der Waals surface area (Å²) < 4.78 is 56.3. The Balaban J connectivity index is 1.12. The number of rotatable bonds is 18. The van der Waals surface area contributed by atoms with E-state index in [2.05, 4.69) is 94.4 Å². The zero-order chi connectivity index (χ0) is 44.8. The highest BCUT2D eigenvalue weighted by atomic mass is 32.1. The number of unbranched alkanes of at least 4 members (excludes halogenated alkanes) is 2. The molecule has 0 bridgehead atoms. The van der Waals surface area contributed by atoms with Crippen LogP contribution in [0.5, 0.6) is 0 Å². The van der Waals surface area contributed by atoms with Crippen LogP contribution in [0.15, 0.2) is 84.9 Å². The standard InChI is InChI=1S/C52H52F2N4S6Si/c1-6-11-17-30(8-3)28-65(29-31(9-4)18-12-7-2)43-26-41(45-36(53)25-35(48-49(45)57-63-56-48)40-24-33-20-14-16-22-38(33)60-40)61-51(43)52-44(65)27-42(62-52)46(54)50-47(55-64-58-50)34(10-5)39-23-32-19-13-15-21-37(32)59-39/h10,13-16,19-27,30-31,46H,6-9,11-12,17-18,28-29H2,1-5H3/b34-10-. The number of hydrogen-bond donors (Lipinski definition) is 0. The Morgan fingerprint density at radius 2 is 1.31 bits per heavy atom. The maximum atomic E-state index is 17.7. The van der Waals surface area contributed by atoms with Crippen molar-refractivity contribution in [3.05, 3.63) is 112 Å². The van der Waals surface area contributed by atoms with Gasteiger partial charge in [0.15, 0.2) is 6.17 Å². The molecule has 13 heteroatoms. The molecule has 3 aromatic carbocycles. The first-order chi connectivity index (χ1) is 31.8. The number of hydrogen-bond acceptors (Lipinski definition) is 10. The van der Waals surface area contributed by atoms with E-state index in [1.54, 1.807) is 51.4 Å². The minimum Gasteiger partial charge on any atom is -0.234 e. The summed E-state index contributed by atoms with van der Waals surface area (Å²) in [6.45, 7) is 11.3. The summed E-state index contributed by atoms with van der Waals surface area (Å²) in [6.07, 6.45) is 9.95. The number of thiophene rings is 4. The predicted octanol–water partition coefficient (Wildman–Crippen LogP) is 17.1. The monoisotopic (exact) mass is 990 g/mol. The summed E-state index contributed by atoms with van der Waals surface area (Å²) in [6, 6.07) is 29.5. The molecule has 6 aromatic heterocycles. The highest BCUT2D eigenvalue weighted by molar-refractivity contribution is 7.30. The van der Waals surface area contributed by atoms with Crippen molar-refractivity contribution < 1.29 is 8.78 Å². The molecule has 0 radical (unpaired) electrons. The first-order valence-electron chi connectivity index (χ1n) is 23.1. The van der Waals surface area contributed by atoms with Crippen molar-refractivity contribution in [1.29, 1.82) is 0 Å². The van der Waals surface area contributed by atoms with Crippen LogP contribution in [0.25, 0.3) is 67.4 Å². The van der Waals surface area contributed by atoms with Crippen LogP contribution in [0.2, 0.25) is 12.1 Å². The van der Waals surface area contributed by atoms with Gasteiger partial charge in [-0.15, -0.1) is 45.3 Å². The fraction of sp³-hybridized carbons (Fsp3) is 0.346. The molecule has 7 heterocycles. The van der Waals surface area contributed by atoms with Crippen LogP contribution in [0.4, 0.5) is 8.78 Å². The normalized spacial score (nSPS) is 16.5. The third-order valence-electron chi connectivity index (χ3n) is 13.7. The molecule has 0 saturated heterocycles. The van der Waals surface area contributed by atoms with Crippen molar-refractivity contribution in [1.82, 2.24) is 17.5 Å². The lowest BCUT2D eigenvalue weighted by atomic mass is 10.0. The maximum absolute atomic E-state index is 17.7. The third kappa shape index (κ3) is 8.14. The van der Waals surface area contributed by atoms with Crippen LogP contribution < -0.4 is 10.4 Å². The molecular formula is C52H52F2N4S6Si. The topological polar surface area (TPSA) is 51.6 Å². The van der Waals surface area contributed by atoms with E-state index in [0.717, 1.165) is 89.8 Å². The number of allylic oxidation sites excluding steroid dienone is 1. The predicted molar refractivity (Wildman–Crippen MR) is 284 cm³/mol. The number of alkyl halides is 1. The van der Waals surface area contributed by atoms with Crippen molar-refractivity contribution in [2.45, 2.75) is 104 Å². The average molecular weight is 991 g/mol. The number of benzene rings is 3. The van der Waals surface area contributed by atoms with E-state index in [4.69, 9.17) is 17.5 Å². The van der Waals surface area contributed by atoms with E-state index < -0.39 is 14.2 Å². The van der Waals surface area contributed by atoms with E-state index in [1.807, 2.05) is 19.1 Å². The fourth-order valence-corrected chi connectivity index (χ4v) is 24.1. The van der Waals surface area contributed by atoms with Crippen LogP contribution in [-0.4, -0.2) is 25.6 Å². The Kier molecular flexibility index (Phi) is 13.2. The molecule has 0 fully saturated rings. The van der Waals surface area contributed by atoms with E-state index in [0.29, 0.717) is 39.2 Å². The lowest BCUT2D eigenvalue weighted by Crippen LogP contribution is -2.56. The van der Waals surface area contributed by atoms with Gasteiger partial charge < -0.3 is 0 Å². The summed E-state index contributed by atoms with van der Waals surface area (Å²) in [7, 11) is -2.57. The largest absolute Gasteiger partial charge is 0.234 e. The molecule has 0 saturated carbocycles. The highest BCUT2D eigenvalue weighted by Crippen LogP contribution is 2.51. The molecule has 1 aliphatic heterocycles. The van der Waals surface area contributed by atoms with Crippen LogP contribution in [0, 0.1) is 17.7 Å². The molecule has 9 aromatic rings. The van der Waals surface area contributed by atoms with E-state index >= 15 is 8.78 Å². The Labute approximate surface area is 405 Å². The second kappa shape index (κ2) is 19.0. The Morgan fingerprint density at radius 3 is 1.97 bits per heavy atom. The van der Waals surface area contributed by atoms with Crippen molar-refractivity contribution in [2.24, 2.45) is 11.8 Å². The van der Waals surface area contributed by atoms with E-state index in [-0.39, 0.29) is 5.82 Å². The van der Waals surface area contributed by atoms with Gasteiger partial charge in [-0.05, 0) is 94.5 Å². The smallest absolute Gasteiger partial charge is 0.179 e. The van der Waals surface area contributed by atoms with Gasteiger partial charge in [0, 0.05) is 49.8 Å². The molecule has 10 rings (SSSR count). The summed E-state index contributed by atoms with van der Waals surface area (Å²) in [5.74, 6) is 0.833. The van der Waals surface area contributed by atoms with Gasteiger partial charge in [-0.3, -0.25) is 0 Å². The maximum Gasteiger partial charge on any atom is 0.179 e. The molecule has 0 amide bonds. The van der Waals surface area contributed by atoms with Gasteiger partial charge in [-0.25, -0.2) is 8.78 Å². The summed E-state index contributed by atoms with van der Waals surface area (Å²) in [5.41, 5.74) is 4.63. The van der Waals surface area contributed by atoms with Crippen molar-refractivity contribution in [3.8, 4) is 30.6 Å². The SMILES string of the molecule is C/C=C(/c1cc2ccccc2s1)c1nsnc1C(F)c1cc2c(s1)-c1sc(-c3c(F)cc(-c4cc5ccccc5s4)c4nsnc34)cc1[Si]2(CC(CC)CCCC)CC(CC)CCCC. The number of fused-ring (bicyclic) bond motifs is 6.